The molecule has 0 aromatic heterocycles. The maximum absolute atomic E-state index is 5.62. The average molecular weight is 400 g/mol. The summed E-state index contributed by atoms with van der Waals surface area (Å²) in [6.07, 6.45) is 0. The molecular weight excluding hydrogens is 388 g/mol. The number of thiocarbonyl (C=S) groups is 1. The number of hydrogen-bond acceptors (Lipinski definition) is 2. The van der Waals surface area contributed by atoms with Crippen molar-refractivity contribution in [1.82, 2.24) is 0 Å². The molecule has 0 atom stereocenters. The first-order chi connectivity index (χ1) is 9.08. The van der Waals surface area contributed by atoms with E-state index in [1.165, 1.54) is 5.56 Å². The minimum Gasteiger partial charge on any atom is -0.389 e. The van der Waals surface area contributed by atoms with E-state index in [1.807, 2.05) is 36.4 Å². The molecule has 98 valence electrons. The summed E-state index contributed by atoms with van der Waals surface area (Å²) in [6, 6.07) is 14.0. The van der Waals surface area contributed by atoms with Crippen molar-refractivity contribution in [1.29, 1.82) is 0 Å². The third kappa shape index (κ3) is 3.78. The molecule has 2 nitrogen and oxygen atoms in total. The van der Waals surface area contributed by atoms with Crippen LogP contribution in [0.5, 0.6) is 0 Å². The molecule has 0 heterocycles. The summed E-state index contributed by atoms with van der Waals surface area (Å²) >= 11 is 12.0. The molecule has 0 spiro atoms. The van der Waals surface area contributed by atoms with Gasteiger partial charge in [0.05, 0.1) is 0 Å². The van der Waals surface area contributed by atoms with Crippen LogP contribution in [0.15, 0.2) is 51.4 Å². The Labute approximate surface area is 134 Å². The van der Waals surface area contributed by atoms with Crippen LogP contribution in [-0.2, 0) is 6.54 Å². The van der Waals surface area contributed by atoms with Crippen molar-refractivity contribution in [3.8, 4) is 0 Å². The standard InChI is InChI=1S/C14H12Br2N2S/c15-12-4-2-1-3-9(12)8-18-10-5-6-11(14(17)19)13(16)7-10/h1-7,18H,8H2,(H2,17,19). The molecule has 0 saturated heterocycles. The lowest BCUT2D eigenvalue weighted by Gasteiger charge is -2.10. The van der Waals surface area contributed by atoms with Crippen LogP contribution in [0, 0.1) is 0 Å². The molecule has 3 N–H and O–H groups in total. The monoisotopic (exact) mass is 398 g/mol. The van der Waals surface area contributed by atoms with E-state index >= 15 is 0 Å². The van der Waals surface area contributed by atoms with Gasteiger partial charge in [0, 0.05) is 26.7 Å². The summed E-state index contributed by atoms with van der Waals surface area (Å²) in [4.78, 5) is 0.393. The summed E-state index contributed by atoms with van der Waals surface area (Å²) in [5.74, 6) is 0. The van der Waals surface area contributed by atoms with Crippen LogP contribution in [0.25, 0.3) is 0 Å². The van der Waals surface area contributed by atoms with Crippen LogP contribution in [0.2, 0.25) is 0 Å². The van der Waals surface area contributed by atoms with Gasteiger partial charge in [-0.05, 0) is 45.8 Å². The van der Waals surface area contributed by atoms with Crippen molar-refractivity contribution in [3.63, 3.8) is 0 Å². The topological polar surface area (TPSA) is 38.0 Å². The van der Waals surface area contributed by atoms with Gasteiger partial charge >= 0.3 is 0 Å². The number of rotatable bonds is 4. The Balaban J connectivity index is 2.11. The molecule has 0 saturated carbocycles. The lowest BCUT2D eigenvalue weighted by molar-refractivity contribution is 1.14. The normalized spacial score (nSPS) is 10.2. The number of halogens is 2. The second kappa shape index (κ2) is 6.50. The van der Waals surface area contributed by atoms with Crippen molar-refractivity contribution in [3.05, 3.63) is 62.5 Å². The highest BCUT2D eigenvalue weighted by Gasteiger charge is 2.04. The highest BCUT2D eigenvalue weighted by molar-refractivity contribution is 9.10. The summed E-state index contributed by atoms with van der Waals surface area (Å²) in [6.45, 7) is 0.750. The van der Waals surface area contributed by atoms with Gasteiger partial charge in [0.15, 0.2) is 0 Å². The van der Waals surface area contributed by atoms with E-state index in [0.717, 1.165) is 26.7 Å². The van der Waals surface area contributed by atoms with Crippen LogP contribution in [0.3, 0.4) is 0 Å². The van der Waals surface area contributed by atoms with Crippen molar-refractivity contribution >= 4 is 54.8 Å². The molecule has 2 aromatic rings. The Kier molecular flexibility index (Phi) is 4.96. The van der Waals surface area contributed by atoms with Crippen LogP contribution in [-0.4, -0.2) is 4.99 Å². The number of anilines is 1. The van der Waals surface area contributed by atoms with Gasteiger partial charge in [0.2, 0.25) is 0 Å². The maximum Gasteiger partial charge on any atom is 0.105 e. The summed E-state index contributed by atoms with van der Waals surface area (Å²) in [5.41, 5.74) is 8.69. The molecule has 0 aliphatic carbocycles. The second-order valence-electron chi connectivity index (χ2n) is 4.00. The highest BCUT2D eigenvalue weighted by Crippen LogP contribution is 2.23. The molecule has 0 radical (unpaired) electrons. The number of hydrogen-bond donors (Lipinski definition) is 2. The average Bonchev–Trinajstić information content (AvgIpc) is 2.37. The minimum atomic E-state index is 0.393. The van der Waals surface area contributed by atoms with Crippen LogP contribution in [0.1, 0.15) is 11.1 Å². The summed E-state index contributed by atoms with van der Waals surface area (Å²) in [5, 5.41) is 3.36. The van der Waals surface area contributed by atoms with Gasteiger partial charge in [-0.2, -0.15) is 0 Å². The first kappa shape index (κ1) is 14.5. The van der Waals surface area contributed by atoms with Crippen LogP contribution in [0.4, 0.5) is 5.69 Å². The Morgan fingerprint density at radius 3 is 2.47 bits per heavy atom. The zero-order chi connectivity index (χ0) is 13.8. The molecule has 0 fully saturated rings. The summed E-state index contributed by atoms with van der Waals surface area (Å²) in [7, 11) is 0. The van der Waals surface area contributed by atoms with Gasteiger partial charge in [-0.15, -0.1) is 0 Å². The quantitative estimate of drug-likeness (QED) is 0.745. The molecule has 0 aliphatic rings. The van der Waals surface area contributed by atoms with Crippen molar-refractivity contribution in [2.75, 3.05) is 5.32 Å². The van der Waals surface area contributed by atoms with Gasteiger partial charge in [0.25, 0.3) is 0 Å². The number of nitrogens with one attached hydrogen (secondary N) is 1. The number of benzene rings is 2. The fraction of sp³-hybridized carbons (Fsp3) is 0.0714. The van der Waals surface area contributed by atoms with E-state index < -0.39 is 0 Å². The van der Waals surface area contributed by atoms with E-state index in [0.29, 0.717) is 4.99 Å². The number of nitrogens with two attached hydrogens (primary N) is 1. The van der Waals surface area contributed by atoms with E-state index in [9.17, 15) is 0 Å². The zero-order valence-electron chi connectivity index (χ0n) is 9.99. The zero-order valence-corrected chi connectivity index (χ0v) is 14.0. The predicted octanol–water partition coefficient (Wildman–Crippen LogP) is 4.46. The maximum atomic E-state index is 5.62. The first-order valence-corrected chi connectivity index (χ1v) is 7.64. The van der Waals surface area contributed by atoms with E-state index in [-0.39, 0.29) is 0 Å². The molecule has 19 heavy (non-hydrogen) atoms. The molecule has 2 aromatic carbocycles. The third-order valence-corrected chi connectivity index (χ3v) is 4.32. The fourth-order valence-electron chi connectivity index (χ4n) is 1.66. The predicted molar refractivity (Wildman–Crippen MR) is 91.5 cm³/mol. The van der Waals surface area contributed by atoms with Crippen molar-refractivity contribution in [2.24, 2.45) is 5.73 Å². The second-order valence-corrected chi connectivity index (χ2v) is 6.15. The summed E-state index contributed by atoms with van der Waals surface area (Å²) < 4.78 is 2.00. The molecule has 2 rings (SSSR count). The van der Waals surface area contributed by atoms with Gasteiger partial charge in [-0.3, -0.25) is 0 Å². The molecule has 0 unspecified atom stereocenters. The third-order valence-electron chi connectivity index (χ3n) is 2.68. The first-order valence-electron chi connectivity index (χ1n) is 5.64. The Morgan fingerprint density at radius 1 is 1.11 bits per heavy atom. The van der Waals surface area contributed by atoms with Crippen molar-refractivity contribution in [2.45, 2.75) is 6.54 Å². The molecule has 0 bridgehead atoms. The Hall–Kier alpha value is -0.910. The lowest BCUT2D eigenvalue weighted by Crippen LogP contribution is -2.10. The fourth-order valence-corrected chi connectivity index (χ4v) is 2.99. The smallest absolute Gasteiger partial charge is 0.105 e. The minimum absolute atomic E-state index is 0.393. The van der Waals surface area contributed by atoms with Gasteiger partial charge in [-0.1, -0.05) is 46.3 Å². The van der Waals surface area contributed by atoms with Crippen molar-refractivity contribution < 1.29 is 0 Å². The van der Waals surface area contributed by atoms with Crippen LogP contribution < -0.4 is 11.1 Å². The Bertz CT molecular complexity index is 614. The molecular formula is C14H12Br2N2S. The van der Waals surface area contributed by atoms with Crippen LogP contribution >= 0.6 is 44.1 Å². The van der Waals surface area contributed by atoms with E-state index in [4.69, 9.17) is 18.0 Å². The SMILES string of the molecule is NC(=S)c1ccc(NCc2ccccc2Br)cc1Br. The highest BCUT2D eigenvalue weighted by atomic mass is 79.9. The molecule has 5 heteroatoms. The van der Waals surface area contributed by atoms with E-state index in [1.54, 1.807) is 0 Å². The molecule has 0 aliphatic heterocycles. The Morgan fingerprint density at radius 2 is 1.84 bits per heavy atom. The molecule has 0 amide bonds. The lowest BCUT2D eigenvalue weighted by atomic mass is 10.2. The van der Waals surface area contributed by atoms with Gasteiger partial charge in [-0.25, -0.2) is 0 Å². The van der Waals surface area contributed by atoms with Gasteiger partial charge in [0.1, 0.15) is 4.99 Å². The van der Waals surface area contributed by atoms with Gasteiger partial charge < -0.3 is 11.1 Å². The van der Waals surface area contributed by atoms with E-state index in [2.05, 4.69) is 43.2 Å². The largest absolute Gasteiger partial charge is 0.389 e.